The minimum atomic E-state index is -3.58. The van der Waals surface area contributed by atoms with E-state index in [0.717, 1.165) is 24.5 Å². The third kappa shape index (κ3) is 4.90. The van der Waals surface area contributed by atoms with Crippen molar-refractivity contribution in [2.24, 2.45) is 5.92 Å². The maximum Gasteiger partial charge on any atom is 0.254 e. The van der Waals surface area contributed by atoms with Crippen LogP contribution in [0, 0.1) is 18.8 Å². The molecule has 0 saturated carbocycles. The molecule has 0 bridgehead atoms. The van der Waals surface area contributed by atoms with Crippen LogP contribution in [0.5, 0.6) is 0 Å². The Morgan fingerprint density at radius 1 is 1.30 bits per heavy atom. The smallest absolute Gasteiger partial charge is 0.254 e. The molecular formula is C19H22FN3O3S. The molecule has 1 atom stereocenters. The van der Waals surface area contributed by atoms with E-state index in [2.05, 4.69) is 9.71 Å². The summed E-state index contributed by atoms with van der Waals surface area (Å²) in [7, 11) is -3.58. The fraction of sp³-hybridized carbons (Fsp3) is 0.368. The molecule has 8 heteroatoms. The molecule has 6 nitrogen and oxygen atoms in total. The predicted molar refractivity (Wildman–Crippen MR) is 99.2 cm³/mol. The number of piperidine rings is 1. The molecule has 27 heavy (non-hydrogen) atoms. The van der Waals surface area contributed by atoms with Crippen LogP contribution in [-0.4, -0.2) is 43.8 Å². The van der Waals surface area contributed by atoms with Gasteiger partial charge in [-0.2, -0.15) is 4.39 Å². The molecule has 3 rings (SSSR count). The summed E-state index contributed by atoms with van der Waals surface area (Å²) in [5.41, 5.74) is 1.24. The average Bonchev–Trinajstić information content (AvgIpc) is 2.66. The molecule has 1 amide bonds. The number of amides is 1. The van der Waals surface area contributed by atoms with Gasteiger partial charge in [-0.1, -0.05) is 17.7 Å². The summed E-state index contributed by atoms with van der Waals surface area (Å²) in [5, 5.41) is 0. The van der Waals surface area contributed by atoms with Crippen LogP contribution in [0.1, 0.15) is 28.8 Å². The zero-order valence-corrected chi connectivity index (χ0v) is 15.9. The molecule has 0 radical (unpaired) electrons. The number of nitrogens with zero attached hydrogens (tertiary/aromatic N) is 2. The summed E-state index contributed by atoms with van der Waals surface area (Å²) >= 11 is 0. The van der Waals surface area contributed by atoms with E-state index in [-0.39, 0.29) is 28.8 Å². The summed E-state index contributed by atoms with van der Waals surface area (Å²) < 4.78 is 40.7. The maximum atomic E-state index is 13.3. The molecule has 1 fully saturated rings. The summed E-state index contributed by atoms with van der Waals surface area (Å²) in [6, 6.07) is 9.26. The van der Waals surface area contributed by atoms with Crippen LogP contribution < -0.4 is 4.72 Å². The molecule has 1 aliphatic rings. The van der Waals surface area contributed by atoms with Crippen LogP contribution in [0.3, 0.4) is 0 Å². The predicted octanol–water partition coefficient (Wildman–Crippen LogP) is 2.36. The van der Waals surface area contributed by atoms with Gasteiger partial charge in [-0.25, -0.2) is 18.1 Å². The Morgan fingerprint density at radius 3 is 2.74 bits per heavy atom. The second-order valence-corrected chi connectivity index (χ2v) is 8.56. The molecule has 2 aromatic rings. The van der Waals surface area contributed by atoms with E-state index in [9.17, 15) is 17.6 Å². The first-order chi connectivity index (χ1) is 12.8. The zero-order valence-electron chi connectivity index (χ0n) is 15.1. The lowest BCUT2D eigenvalue weighted by molar-refractivity contribution is 0.0675. The highest BCUT2D eigenvalue weighted by Gasteiger charge is 2.26. The van der Waals surface area contributed by atoms with Gasteiger partial charge in [-0.3, -0.25) is 4.79 Å². The van der Waals surface area contributed by atoms with Crippen molar-refractivity contribution in [3.05, 3.63) is 59.7 Å². The monoisotopic (exact) mass is 391 g/mol. The number of benzene rings is 1. The van der Waals surface area contributed by atoms with Gasteiger partial charge in [0.05, 0.1) is 4.90 Å². The standard InChI is InChI=1S/C19H22FN3O3S/c1-14-4-6-17(7-5-14)27(25,26)22-12-15-3-2-10-23(13-15)19(24)16-8-9-21-18(20)11-16/h4-9,11,15,22H,2-3,10,12-13H2,1H3. The largest absolute Gasteiger partial charge is 0.338 e. The lowest BCUT2D eigenvalue weighted by Gasteiger charge is -2.33. The lowest BCUT2D eigenvalue weighted by atomic mass is 9.98. The van der Waals surface area contributed by atoms with E-state index in [0.29, 0.717) is 13.1 Å². The van der Waals surface area contributed by atoms with Gasteiger partial charge in [-0.15, -0.1) is 0 Å². The van der Waals surface area contributed by atoms with Gasteiger partial charge in [-0.05, 0) is 43.9 Å². The summed E-state index contributed by atoms with van der Waals surface area (Å²) in [6.07, 6.45) is 2.86. The average molecular weight is 391 g/mol. The van der Waals surface area contributed by atoms with Crippen molar-refractivity contribution in [1.82, 2.24) is 14.6 Å². The van der Waals surface area contributed by atoms with E-state index < -0.39 is 16.0 Å². The number of likely N-dealkylation sites (tertiary alicyclic amines) is 1. The summed E-state index contributed by atoms with van der Waals surface area (Å²) in [6.45, 7) is 3.15. The van der Waals surface area contributed by atoms with Crippen LogP contribution in [0.4, 0.5) is 4.39 Å². The molecule has 0 spiro atoms. The van der Waals surface area contributed by atoms with Gasteiger partial charge in [0.15, 0.2) is 0 Å². The van der Waals surface area contributed by atoms with Gasteiger partial charge in [0.25, 0.3) is 5.91 Å². The number of carbonyl (C=O) groups excluding carboxylic acids is 1. The Labute approximate surface area is 158 Å². The Kier molecular flexibility index (Phi) is 5.86. The van der Waals surface area contributed by atoms with Gasteiger partial charge >= 0.3 is 0 Å². The Hall–Kier alpha value is -2.32. The number of rotatable bonds is 5. The van der Waals surface area contributed by atoms with Crippen molar-refractivity contribution in [2.75, 3.05) is 19.6 Å². The third-order valence-corrected chi connectivity index (χ3v) is 6.11. The molecule has 1 unspecified atom stereocenters. The number of hydrogen-bond acceptors (Lipinski definition) is 4. The van der Waals surface area contributed by atoms with Crippen molar-refractivity contribution in [3.8, 4) is 0 Å². The van der Waals surface area contributed by atoms with Crippen LogP contribution in [0.25, 0.3) is 0 Å². The first-order valence-corrected chi connectivity index (χ1v) is 10.3. The fourth-order valence-electron chi connectivity index (χ4n) is 3.16. The highest BCUT2D eigenvalue weighted by atomic mass is 32.2. The number of aryl methyl sites for hydroxylation is 1. The maximum absolute atomic E-state index is 13.3. The zero-order chi connectivity index (χ0) is 19.4. The molecule has 1 saturated heterocycles. The number of pyridine rings is 1. The number of sulfonamides is 1. The number of aromatic nitrogens is 1. The molecule has 1 aromatic heterocycles. The van der Waals surface area contributed by atoms with Crippen LogP contribution >= 0.6 is 0 Å². The van der Waals surface area contributed by atoms with E-state index >= 15 is 0 Å². The topological polar surface area (TPSA) is 79.4 Å². The van der Waals surface area contributed by atoms with Gasteiger partial charge in [0.2, 0.25) is 16.0 Å². The molecule has 0 aliphatic carbocycles. The van der Waals surface area contributed by atoms with E-state index in [1.807, 2.05) is 6.92 Å². The molecule has 1 N–H and O–H groups in total. The van der Waals surface area contributed by atoms with E-state index in [1.165, 1.54) is 12.3 Å². The normalized spacial score (nSPS) is 17.7. The molecule has 2 heterocycles. The van der Waals surface area contributed by atoms with Gasteiger partial charge in [0, 0.05) is 37.5 Å². The van der Waals surface area contributed by atoms with Crippen LogP contribution in [-0.2, 0) is 10.0 Å². The first kappa shape index (κ1) is 19.4. The molecule has 144 valence electrons. The highest BCUT2D eigenvalue weighted by Crippen LogP contribution is 2.19. The van der Waals surface area contributed by atoms with Crippen molar-refractivity contribution >= 4 is 15.9 Å². The van der Waals surface area contributed by atoms with E-state index in [4.69, 9.17) is 0 Å². The Morgan fingerprint density at radius 2 is 2.04 bits per heavy atom. The number of nitrogens with one attached hydrogen (secondary N) is 1. The third-order valence-electron chi connectivity index (χ3n) is 4.67. The lowest BCUT2D eigenvalue weighted by Crippen LogP contribution is -2.43. The summed E-state index contributed by atoms with van der Waals surface area (Å²) in [5.74, 6) is -0.947. The summed E-state index contributed by atoms with van der Waals surface area (Å²) in [4.78, 5) is 17.9. The van der Waals surface area contributed by atoms with E-state index in [1.54, 1.807) is 29.2 Å². The van der Waals surface area contributed by atoms with Gasteiger partial charge < -0.3 is 4.90 Å². The molecule has 1 aromatic carbocycles. The second-order valence-electron chi connectivity index (χ2n) is 6.79. The number of carbonyl (C=O) groups is 1. The van der Waals surface area contributed by atoms with Crippen molar-refractivity contribution in [1.29, 1.82) is 0 Å². The first-order valence-electron chi connectivity index (χ1n) is 8.82. The second kappa shape index (κ2) is 8.14. The van der Waals surface area contributed by atoms with Crippen molar-refractivity contribution in [3.63, 3.8) is 0 Å². The highest BCUT2D eigenvalue weighted by molar-refractivity contribution is 7.89. The van der Waals surface area contributed by atoms with Crippen LogP contribution in [0.2, 0.25) is 0 Å². The Balaban J connectivity index is 1.61. The fourth-order valence-corrected chi connectivity index (χ4v) is 4.28. The number of halogens is 1. The van der Waals surface area contributed by atoms with Gasteiger partial charge in [0.1, 0.15) is 0 Å². The minimum Gasteiger partial charge on any atom is -0.338 e. The minimum absolute atomic E-state index is 0.00890. The van der Waals surface area contributed by atoms with Crippen molar-refractivity contribution in [2.45, 2.75) is 24.7 Å². The molecular weight excluding hydrogens is 369 g/mol. The Bertz CT molecular complexity index is 916. The SMILES string of the molecule is Cc1ccc(S(=O)(=O)NCC2CCCN(C(=O)c3ccnc(F)c3)C2)cc1. The number of hydrogen-bond donors (Lipinski definition) is 1. The van der Waals surface area contributed by atoms with Crippen molar-refractivity contribution < 1.29 is 17.6 Å². The quantitative estimate of drug-likeness (QED) is 0.794. The van der Waals surface area contributed by atoms with Crippen LogP contribution in [0.15, 0.2) is 47.5 Å². The molecule has 1 aliphatic heterocycles.